The third kappa shape index (κ3) is 65.4. The molecule has 0 aliphatic carbocycles. The molecule has 6 heteroatoms. The van der Waals surface area contributed by atoms with Crippen molar-refractivity contribution in [3.8, 4) is 0 Å². The van der Waals surface area contributed by atoms with Gasteiger partial charge in [0.05, 0.1) is 0 Å². The van der Waals surface area contributed by atoms with E-state index in [4.69, 9.17) is 14.2 Å². The van der Waals surface area contributed by atoms with Gasteiger partial charge in [-0.3, -0.25) is 14.4 Å². The number of esters is 3. The van der Waals surface area contributed by atoms with Gasteiger partial charge in [0.2, 0.25) is 0 Å². The van der Waals surface area contributed by atoms with Crippen LogP contribution in [0.2, 0.25) is 0 Å². The molecule has 6 nitrogen and oxygen atoms in total. The van der Waals surface area contributed by atoms with Crippen LogP contribution in [0, 0.1) is 0 Å². The summed E-state index contributed by atoms with van der Waals surface area (Å²) >= 11 is 0. The standard InChI is InChI=1S/C74H130O6/c1-4-7-10-13-16-19-22-25-28-31-33-34-35-36-37-38-39-41-43-46-49-52-55-58-61-64-67-73(76)79-70-71(69-78-72(75)66-63-60-57-54-51-48-45-42-30-27-24-21-18-15-12-9-6-3)80-74(77)68-65-62-59-56-53-50-47-44-40-32-29-26-23-20-17-14-11-8-5-2/h8-9,11-12,17-18,20-21,26-27,29-30,40,44,71H,4-7,10,13-16,19,22-25,28,31-39,41-43,45-70H2,1-3H3/b11-8-,12-9-,20-17-,21-18-,29-26-,30-27-,44-40-. The van der Waals surface area contributed by atoms with E-state index in [2.05, 4.69) is 106 Å². The third-order valence-electron chi connectivity index (χ3n) is 15.1. The molecule has 0 aliphatic heterocycles. The SMILES string of the molecule is CC/C=C\C/C=C\C/C=C\C/C=C\CCCCCCCCC(=O)OC(COC(=O)CCCCCCCCC/C=C\C/C=C\C/C=C\CC)COC(=O)CCCCCCCCCCCCCCCCCCCCCCCCCCCC. The lowest BCUT2D eigenvalue weighted by Gasteiger charge is -2.18. The molecule has 0 heterocycles. The van der Waals surface area contributed by atoms with Crippen molar-refractivity contribution in [2.45, 2.75) is 354 Å². The van der Waals surface area contributed by atoms with E-state index in [9.17, 15) is 14.4 Å². The first kappa shape index (κ1) is 76.6. The molecular weight excluding hydrogens is 985 g/mol. The van der Waals surface area contributed by atoms with Crippen molar-refractivity contribution in [2.75, 3.05) is 13.2 Å². The third-order valence-corrected chi connectivity index (χ3v) is 15.1. The van der Waals surface area contributed by atoms with Crippen molar-refractivity contribution < 1.29 is 28.6 Å². The molecule has 80 heavy (non-hydrogen) atoms. The second kappa shape index (κ2) is 68.1. The van der Waals surface area contributed by atoms with Crippen LogP contribution in [0.25, 0.3) is 0 Å². The van der Waals surface area contributed by atoms with Gasteiger partial charge in [-0.25, -0.2) is 0 Å². The maximum atomic E-state index is 12.9. The maximum Gasteiger partial charge on any atom is 0.306 e. The van der Waals surface area contributed by atoms with E-state index in [1.54, 1.807) is 0 Å². The van der Waals surface area contributed by atoms with Crippen LogP contribution in [0.4, 0.5) is 0 Å². The topological polar surface area (TPSA) is 78.9 Å². The summed E-state index contributed by atoms with van der Waals surface area (Å²) in [5, 5.41) is 0. The lowest BCUT2D eigenvalue weighted by Crippen LogP contribution is -2.30. The molecule has 0 fully saturated rings. The highest BCUT2D eigenvalue weighted by Crippen LogP contribution is 2.18. The Balaban J connectivity index is 4.32. The van der Waals surface area contributed by atoms with Gasteiger partial charge in [-0.05, 0) is 89.9 Å². The summed E-state index contributed by atoms with van der Waals surface area (Å²) in [5.74, 6) is -0.890. The summed E-state index contributed by atoms with van der Waals surface area (Å²) in [4.78, 5) is 38.4. The number of allylic oxidation sites excluding steroid dienone is 14. The van der Waals surface area contributed by atoms with Gasteiger partial charge in [0.1, 0.15) is 13.2 Å². The quantitative estimate of drug-likeness (QED) is 0.0261. The second-order valence-electron chi connectivity index (χ2n) is 23.0. The van der Waals surface area contributed by atoms with Crippen LogP contribution in [0.15, 0.2) is 85.1 Å². The van der Waals surface area contributed by atoms with Gasteiger partial charge in [-0.2, -0.15) is 0 Å². The van der Waals surface area contributed by atoms with Crippen LogP contribution in [-0.2, 0) is 28.6 Å². The van der Waals surface area contributed by atoms with E-state index >= 15 is 0 Å². The van der Waals surface area contributed by atoms with Gasteiger partial charge in [-0.15, -0.1) is 0 Å². The van der Waals surface area contributed by atoms with Gasteiger partial charge in [0.25, 0.3) is 0 Å². The summed E-state index contributed by atoms with van der Waals surface area (Å²) < 4.78 is 17.0. The van der Waals surface area contributed by atoms with Crippen LogP contribution < -0.4 is 0 Å². The molecule has 0 radical (unpaired) electrons. The first-order valence-electron chi connectivity index (χ1n) is 34.6. The predicted molar refractivity (Wildman–Crippen MR) is 348 cm³/mol. The average Bonchev–Trinajstić information content (AvgIpc) is 3.46. The van der Waals surface area contributed by atoms with Crippen LogP contribution in [0.5, 0.6) is 0 Å². The zero-order chi connectivity index (χ0) is 57.8. The largest absolute Gasteiger partial charge is 0.462 e. The smallest absolute Gasteiger partial charge is 0.306 e. The van der Waals surface area contributed by atoms with Crippen molar-refractivity contribution in [3.63, 3.8) is 0 Å². The van der Waals surface area contributed by atoms with Crippen LogP contribution in [-0.4, -0.2) is 37.2 Å². The minimum Gasteiger partial charge on any atom is -0.462 e. The lowest BCUT2D eigenvalue weighted by atomic mass is 10.0. The summed E-state index contributed by atoms with van der Waals surface area (Å²) in [5.41, 5.74) is 0. The monoisotopic (exact) mass is 1110 g/mol. The normalized spacial score (nSPS) is 12.6. The lowest BCUT2D eigenvalue weighted by molar-refractivity contribution is -0.167. The van der Waals surface area contributed by atoms with E-state index < -0.39 is 6.10 Å². The highest BCUT2D eigenvalue weighted by Gasteiger charge is 2.19. The van der Waals surface area contributed by atoms with Gasteiger partial charge in [0.15, 0.2) is 6.10 Å². The molecule has 0 rings (SSSR count). The molecule has 0 bridgehead atoms. The van der Waals surface area contributed by atoms with Gasteiger partial charge >= 0.3 is 17.9 Å². The first-order valence-corrected chi connectivity index (χ1v) is 34.6. The summed E-state index contributed by atoms with van der Waals surface area (Å²) in [7, 11) is 0. The molecule has 0 aromatic carbocycles. The Morgan fingerprint density at radius 2 is 0.487 bits per heavy atom. The molecule has 0 N–H and O–H groups in total. The molecule has 0 amide bonds. The molecular formula is C74H130O6. The molecule has 0 spiro atoms. The Bertz CT molecular complexity index is 1520. The van der Waals surface area contributed by atoms with Crippen molar-refractivity contribution in [2.24, 2.45) is 0 Å². The van der Waals surface area contributed by atoms with E-state index in [1.807, 2.05) is 0 Å². The molecule has 0 aromatic rings. The van der Waals surface area contributed by atoms with Crippen molar-refractivity contribution >= 4 is 17.9 Å². The fourth-order valence-electron chi connectivity index (χ4n) is 10.0. The zero-order valence-corrected chi connectivity index (χ0v) is 53.1. The minimum absolute atomic E-state index is 0.0830. The molecule has 0 aliphatic rings. The highest BCUT2D eigenvalue weighted by atomic mass is 16.6. The van der Waals surface area contributed by atoms with E-state index in [0.717, 1.165) is 122 Å². The molecule has 1 atom stereocenters. The number of carbonyl (C=O) groups excluding carboxylic acids is 3. The van der Waals surface area contributed by atoms with Gasteiger partial charge in [0, 0.05) is 19.3 Å². The maximum absolute atomic E-state index is 12.9. The minimum atomic E-state index is -0.790. The second-order valence-corrected chi connectivity index (χ2v) is 23.0. The Morgan fingerprint density at radius 3 is 0.762 bits per heavy atom. The fourth-order valence-corrected chi connectivity index (χ4v) is 10.0. The summed E-state index contributed by atoms with van der Waals surface area (Å²) in [6.07, 6.45) is 90.4. The number of ether oxygens (including phenoxy) is 3. The molecule has 1 unspecified atom stereocenters. The van der Waals surface area contributed by atoms with Gasteiger partial charge < -0.3 is 14.2 Å². The van der Waals surface area contributed by atoms with Crippen LogP contribution >= 0.6 is 0 Å². The molecule has 462 valence electrons. The van der Waals surface area contributed by atoms with E-state index in [1.165, 1.54) is 186 Å². The first-order chi connectivity index (χ1) is 39.5. The van der Waals surface area contributed by atoms with Crippen molar-refractivity contribution in [1.82, 2.24) is 0 Å². The fraction of sp³-hybridized carbons (Fsp3) is 0.770. The Labute approximate surface area is 496 Å². The molecule has 0 saturated carbocycles. The Kier molecular flexibility index (Phi) is 65.2. The molecule has 0 saturated heterocycles. The number of unbranched alkanes of at least 4 members (excludes halogenated alkanes) is 38. The summed E-state index contributed by atoms with van der Waals surface area (Å²) in [6.45, 7) is 6.45. The number of hydrogen-bond donors (Lipinski definition) is 0. The summed E-state index contributed by atoms with van der Waals surface area (Å²) in [6, 6.07) is 0. The Morgan fingerprint density at radius 1 is 0.263 bits per heavy atom. The van der Waals surface area contributed by atoms with Crippen LogP contribution in [0.1, 0.15) is 348 Å². The highest BCUT2D eigenvalue weighted by molar-refractivity contribution is 5.71. The van der Waals surface area contributed by atoms with E-state index in [0.29, 0.717) is 19.3 Å². The van der Waals surface area contributed by atoms with Crippen molar-refractivity contribution in [3.05, 3.63) is 85.1 Å². The van der Waals surface area contributed by atoms with Gasteiger partial charge in [-0.1, -0.05) is 324 Å². The Hall–Kier alpha value is -3.41. The number of hydrogen-bond acceptors (Lipinski definition) is 6. The predicted octanol–water partition coefficient (Wildman–Crippen LogP) is 23.8. The average molecular weight is 1120 g/mol. The molecule has 0 aromatic heterocycles. The van der Waals surface area contributed by atoms with E-state index in [-0.39, 0.29) is 31.1 Å². The van der Waals surface area contributed by atoms with Crippen molar-refractivity contribution in [1.29, 1.82) is 0 Å². The number of carbonyl (C=O) groups is 3. The zero-order valence-electron chi connectivity index (χ0n) is 53.1. The number of rotatable bonds is 63. The van der Waals surface area contributed by atoms with Crippen LogP contribution in [0.3, 0.4) is 0 Å².